The van der Waals surface area contributed by atoms with Crippen molar-refractivity contribution in [2.45, 2.75) is 6.54 Å². The normalized spacial score (nSPS) is 15.7. The third-order valence-corrected chi connectivity index (χ3v) is 4.67. The molecule has 0 amide bonds. The van der Waals surface area contributed by atoms with Crippen LogP contribution in [0.3, 0.4) is 0 Å². The molecular formula is C20H22ClN3O. The number of benzene rings is 2. The Bertz CT molecular complexity index is 718. The average molecular weight is 356 g/mol. The molecule has 4 nitrogen and oxygen atoms in total. The summed E-state index contributed by atoms with van der Waals surface area (Å²) in [5.41, 5.74) is 1.94. The first kappa shape index (κ1) is 17.8. The summed E-state index contributed by atoms with van der Waals surface area (Å²) in [6.07, 6.45) is 0. The molecule has 1 fully saturated rings. The molecule has 0 unspecified atom stereocenters. The SMILES string of the molecule is N#Cc1cccc(CN2CCN(CCOc3ccc(Cl)cc3)CC2)c1. The van der Waals surface area contributed by atoms with Crippen molar-refractivity contribution >= 4 is 11.6 Å². The molecule has 1 aliphatic heterocycles. The first-order chi connectivity index (χ1) is 12.2. The summed E-state index contributed by atoms with van der Waals surface area (Å²) in [7, 11) is 0. The minimum Gasteiger partial charge on any atom is -0.492 e. The zero-order valence-corrected chi connectivity index (χ0v) is 15.0. The number of hydrogen-bond acceptors (Lipinski definition) is 4. The molecule has 0 aliphatic carbocycles. The summed E-state index contributed by atoms with van der Waals surface area (Å²) in [4.78, 5) is 4.87. The minimum atomic E-state index is 0.686. The van der Waals surface area contributed by atoms with Crippen molar-refractivity contribution in [1.29, 1.82) is 5.26 Å². The van der Waals surface area contributed by atoms with Crippen LogP contribution in [0, 0.1) is 11.3 Å². The molecule has 1 heterocycles. The summed E-state index contributed by atoms with van der Waals surface area (Å²) >= 11 is 5.87. The van der Waals surface area contributed by atoms with Crippen molar-refractivity contribution in [3.63, 3.8) is 0 Å². The molecule has 1 saturated heterocycles. The standard InChI is InChI=1S/C20H22ClN3O/c21-19-4-6-20(7-5-19)25-13-12-23-8-10-24(11-9-23)16-18-3-1-2-17(14-18)15-22/h1-7,14H,8-13,16H2. The topological polar surface area (TPSA) is 39.5 Å². The molecule has 0 atom stereocenters. The van der Waals surface area contributed by atoms with Crippen LogP contribution < -0.4 is 4.74 Å². The first-order valence-corrected chi connectivity index (χ1v) is 8.93. The van der Waals surface area contributed by atoms with Crippen LogP contribution >= 0.6 is 11.6 Å². The van der Waals surface area contributed by atoms with Crippen LogP contribution in [0.15, 0.2) is 48.5 Å². The van der Waals surface area contributed by atoms with Gasteiger partial charge < -0.3 is 4.74 Å². The number of nitriles is 1. The van der Waals surface area contributed by atoms with Crippen molar-refractivity contribution in [1.82, 2.24) is 9.80 Å². The predicted molar refractivity (Wildman–Crippen MR) is 99.8 cm³/mol. The molecule has 2 aromatic rings. The number of halogens is 1. The molecule has 130 valence electrons. The van der Waals surface area contributed by atoms with Gasteiger partial charge in [0.25, 0.3) is 0 Å². The van der Waals surface area contributed by atoms with Gasteiger partial charge in [0.05, 0.1) is 11.6 Å². The number of nitrogens with zero attached hydrogens (tertiary/aromatic N) is 3. The molecule has 1 aliphatic rings. The maximum absolute atomic E-state index is 8.99. The zero-order chi connectivity index (χ0) is 17.5. The Morgan fingerprint density at radius 3 is 2.44 bits per heavy atom. The van der Waals surface area contributed by atoms with E-state index < -0.39 is 0 Å². The van der Waals surface area contributed by atoms with E-state index in [-0.39, 0.29) is 0 Å². The molecule has 0 bridgehead atoms. The van der Waals surface area contributed by atoms with E-state index in [1.54, 1.807) is 0 Å². The molecule has 0 saturated carbocycles. The lowest BCUT2D eigenvalue weighted by Gasteiger charge is -2.34. The van der Waals surface area contributed by atoms with E-state index in [0.29, 0.717) is 6.61 Å². The summed E-state index contributed by atoms with van der Waals surface area (Å²) < 4.78 is 5.77. The van der Waals surface area contributed by atoms with E-state index in [2.05, 4.69) is 21.9 Å². The van der Waals surface area contributed by atoms with Crippen LogP contribution in [0.1, 0.15) is 11.1 Å². The highest BCUT2D eigenvalue weighted by Crippen LogP contribution is 2.15. The maximum atomic E-state index is 8.99. The summed E-state index contributed by atoms with van der Waals surface area (Å²) in [6, 6.07) is 17.6. The van der Waals surface area contributed by atoms with Crippen molar-refractivity contribution < 1.29 is 4.74 Å². The monoisotopic (exact) mass is 355 g/mol. The predicted octanol–water partition coefficient (Wildman–Crippen LogP) is 3.41. The fourth-order valence-electron chi connectivity index (χ4n) is 2.99. The molecule has 0 radical (unpaired) electrons. The third-order valence-electron chi connectivity index (χ3n) is 4.42. The third kappa shape index (κ3) is 5.47. The van der Waals surface area contributed by atoms with E-state index in [1.807, 2.05) is 42.5 Å². The molecule has 5 heteroatoms. The first-order valence-electron chi connectivity index (χ1n) is 8.55. The van der Waals surface area contributed by atoms with Crippen molar-refractivity contribution in [3.05, 3.63) is 64.7 Å². The van der Waals surface area contributed by atoms with Gasteiger partial charge >= 0.3 is 0 Å². The lowest BCUT2D eigenvalue weighted by molar-refractivity contribution is 0.112. The number of piperazine rings is 1. The van der Waals surface area contributed by atoms with E-state index in [1.165, 1.54) is 5.56 Å². The van der Waals surface area contributed by atoms with Crippen molar-refractivity contribution in [2.24, 2.45) is 0 Å². The quantitative estimate of drug-likeness (QED) is 0.796. The molecule has 3 rings (SSSR count). The molecule has 0 N–H and O–H groups in total. The molecular weight excluding hydrogens is 334 g/mol. The fraction of sp³-hybridized carbons (Fsp3) is 0.350. The highest BCUT2D eigenvalue weighted by atomic mass is 35.5. The van der Waals surface area contributed by atoms with Crippen LogP contribution in [0.2, 0.25) is 5.02 Å². The number of rotatable bonds is 6. The Morgan fingerprint density at radius 2 is 1.72 bits per heavy atom. The highest BCUT2D eigenvalue weighted by Gasteiger charge is 2.16. The van der Waals surface area contributed by atoms with Gasteiger partial charge in [0.1, 0.15) is 12.4 Å². The van der Waals surface area contributed by atoms with Gasteiger partial charge in [-0.3, -0.25) is 9.80 Å². The minimum absolute atomic E-state index is 0.686. The largest absolute Gasteiger partial charge is 0.492 e. The van der Waals surface area contributed by atoms with Gasteiger partial charge in [-0.05, 0) is 42.0 Å². The molecule has 0 aromatic heterocycles. The molecule has 25 heavy (non-hydrogen) atoms. The van der Waals surface area contributed by atoms with Crippen LogP contribution in [-0.4, -0.2) is 49.1 Å². The Balaban J connectivity index is 1.38. The highest BCUT2D eigenvalue weighted by molar-refractivity contribution is 6.30. The summed E-state index contributed by atoms with van der Waals surface area (Å²) in [6.45, 7) is 6.69. The second-order valence-corrected chi connectivity index (χ2v) is 6.67. The maximum Gasteiger partial charge on any atom is 0.119 e. The summed E-state index contributed by atoms with van der Waals surface area (Å²) in [5, 5.41) is 9.72. The van der Waals surface area contributed by atoms with Crippen LogP contribution in [0.25, 0.3) is 0 Å². The van der Waals surface area contributed by atoms with Crippen LogP contribution in [-0.2, 0) is 6.54 Å². The van der Waals surface area contributed by atoms with Gasteiger partial charge in [-0.2, -0.15) is 5.26 Å². The Labute approximate surface area is 154 Å². The zero-order valence-electron chi connectivity index (χ0n) is 14.2. The fourth-order valence-corrected chi connectivity index (χ4v) is 3.12. The number of ether oxygens (including phenoxy) is 1. The summed E-state index contributed by atoms with van der Waals surface area (Å²) in [5.74, 6) is 0.861. The Morgan fingerprint density at radius 1 is 1.00 bits per heavy atom. The van der Waals surface area contributed by atoms with E-state index in [4.69, 9.17) is 21.6 Å². The van der Waals surface area contributed by atoms with Crippen molar-refractivity contribution in [3.8, 4) is 11.8 Å². The Kier molecular flexibility index (Phi) is 6.30. The van der Waals surface area contributed by atoms with Gasteiger partial charge in [-0.1, -0.05) is 23.7 Å². The average Bonchev–Trinajstić information content (AvgIpc) is 2.65. The smallest absolute Gasteiger partial charge is 0.119 e. The van der Waals surface area contributed by atoms with Gasteiger partial charge in [-0.15, -0.1) is 0 Å². The lowest BCUT2D eigenvalue weighted by atomic mass is 10.1. The second-order valence-electron chi connectivity index (χ2n) is 6.23. The van der Waals surface area contributed by atoms with Gasteiger partial charge in [0, 0.05) is 44.3 Å². The second kappa shape index (κ2) is 8.87. The van der Waals surface area contributed by atoms with Gasteiger partial charge in [0.15, 0.2) is 0 Å². The van der Waals surface area contributed by atoms with Gasteiger partial charge in [-0.25, -0.2) is 0 Å². The van der Waals surface area contributed by atoms with E-state index >= 15 is 0 Å². The number of hydrogen-bond donors (Lipinski definition) is 0. The van der Waals surface area contributed by atoms with Crippen molar-refractivity contribution in [2.75, 3.05) is 39.3 Å². The van der Waals surface area contributed by atoms with Crippen LogP contribution in [0.5, 0.6) is 5.75 Å². The van der Waals surface area contributed by atoms with Crippen LogP contribution in [0.4, 0.5) is 0 Å². The lowest BCUT2D eigenvalue weighted by Crippen LogP contribution is -2.47. The molecule has 2 aromatic carbocycles. The Hall–Kier alpha value is -2.06. The van der Waals surface area contributed by atoms with E-state index in [9.17, 15) is 0 Å². The van der Waals surface area contributed by atoms with E-state index in [0.717, 1.165) is 55.6 Å². The van der Waals surface area contributed by atoms with Gasteiger partial charge in [0.2, 0.25) is 0 Å². The molecule has 0 spiro atoms.